The van der Waals surface area contributed by atoms with Crippen LogP contribution in [0.1, 0.15) is 24.7 Å². The average Bonchev–Trinajstić information content (AvgIpc) is 2.49. The summed E-state index contributed by atoms with van der Waals surface area (Å²) >= 11 is 0. The first-order chi connectivity index (χ1) is 10.5. The lowest BCUT2D eigenvalue weighted by atomic mass is 10.1. The van der Waals surface area contributed by atoms with Crippen LogP contribution in [-0.2, 0) is 9.59 Å². The van der Waals surface area contributed by atoms with Crippen molar-refractivity contribution in [1.29, 1.82) is 0 Å². The van der Waals surface area contributed by atoms with Crippen molar-refractivity contribution in [3.8, 4) is 0 Å². The van der Waals surface area contributed by atoms with Gasteiger partial charge in [-0.15, -0.1) is 0 Å². The Kier molecular flexibility index (Phi) is 3.40. The Morgan fingerprint density at radius 1 is 1.32 bits per heavy atom. The summed E-state index contributed by atoms with van der Waals surface area (Å²) in [6, 6.07) is 4.63. The highest BCUT2D eigenvalue weighted by atomic mass is 16.2. The second-order valence-electron chi connectivity index (χ2n) is 5.28. The molecule has 1 fully saturated rings. The molecule has 2 amide bonds. The molecule has 3 rings (SSSR count). The minimum Gasteiger partial charge on any atom is -0.388 e. The van der Waals surface area contributed by atoms with Crippen LogP contribution in [0.4, 0.5) is 5.69 Å². The fraction of sp³-hybridized carbons (Fsp3) is 0.333. The van der Waals surface area contributed by atoms with E-state index in [2.05, 4.69) is 15.6 Å². The zero-order chi connectivity index (χ0) is 15.9. The van der Waals surface area contributed by atoms with Gasteiger partial charge in [0.2, 0.25) is 11.8 Å². The number of carbonyl (C=O) groups is 2. The molecule has 2 N–H and O–H groups in total. The number of nitrogens with one attached hydrogen (secondary N) is 2. The number of aryl methyl sites for hydroxylation is 1. The Morgan fingerprint density at radius 3 is 2.77 bits per heavy atom. The maximum atomic E-state index is 12.8. The van der Waals surface area contributed by atoms with Crippen LogP contribution < -0.4 is 16.2 Å². The predicted molar refractivity (Wildman–Crippen MR) is 81.7 cm³/mol. The van der Waals surface area contributed by atoms with E-state index in [0.717, 1.165) is 5.69 Å². The van der Waals surface area contributed by atoms with Crippen LogP contribution in [0.5, 0.6) is 0 Å². The minimum atomic E-state index is -0.694. The molecule has 22 heavy (non-hydrogen) atoms. The van der Waals surface area contributed by atoms with Crippen LogP contribution in [-0.4, -0.2) is 28.4 Å². The summed E-state index contributed by atoms with van der Waals surface area (Å²) < 4.78 is 1.38. The lowest BCUT2D eigenvalue weighted by Crippen LogP contribution is -2.45. The van der Waals surface area contributed by atoms with Gasteiger partial charge in [0.15, 0.2) is 0 Å². The van der Waals surface area contributed by atoms with Crippen LogP contribution in [0.3, 0.4) is 0 Å². The Balaban J connectivity index is 2.19. The maximum absolute atomic E-state index is 12.8. The number of hydrogen-bond donors (Lipinski definition) is 2. The quantitative estimate of drug-likeness (QED) is 0.797. The number of hydrogen-bond acceptors (Lipinski definition) is 5. The molecule has 1 atom stereocenters. The van der Waals surface area contributed by atoms with E-state index in [0.29, 0.717) is 23.1 Å². The van der Waals surface area contributed by atoms with Gasteiger partial charge in [0, 0.05) is 19.2 Å². The Labute approximate surface area is 126 Å². The molecule has 0 spiro atoms. The van der Waals surface area contributed by atoms with Crippen molar-refractivity contribution in [2.45, 2.75) is 25.8 Å². The molecule has 1 aliphatic rings. The van der Waals surface area contributed by atoms with Gasteiger partial charge < -0.3 is 5.32 Å². The molecule has 1 saturated heterocycles. The molecule has 1 aromatic heterocycles. The molecule has 114 valence electrons. The third kappa shape index (κ3) is 2.24. The van der Waals surface area contributed by atoms with E-state index in [1.807, 2.05) is 6.07 Å². The topological polar surface area (TPSA) is 93.1 Å². The largest absolute Gasteiger partial charge is 0.388 e. The van der Waals surface area contributed by atoms with Crippen LogP contribution in [0, 0.1) is 6.92 Å². The third-order valence-electron chi connectivity index (χ3n) is 3.89. The zero-order valence-corrected chi connectivity index (χ0v) is 12.3. The molecule has 0 saturated carbocycles. The number of aromatic nitrogens is 2. The van der Waals surface area contributed by atoms with Crippen LogP contribution in [0.25, 0.3) is 10.9 Å². The molecule has 1 aliphatic heterocycles. The standard InChI is InChI=1S/C15H16N4O3/c1-8-17-11-4-3-9(16-2)7-10(11)15(22)19(8)12-5-6-13(20)18-14(12)21/h3-4,7,12,16H,5-6H2,1-2H3,(H,18,20,21). The molecule has 2 aromatic rings. The molecule has 1 aromatic carbocycles. The van der Waals surface area contributed by atoms with E-state index >= 15 is 0 Å². The van der Waals surface area contributed by atoms with Crippen LogP contribution >= 0.6 is 0 Å². The van der Waals surface area contributed by atoms with Gasteiger partial charge in [-0.2, -0.15) is 0 Å². The van der Waals surface area contributed by atoms with Gasteiger partial charge in [-0.05, 0) is 31.5 Å². The smallest absolute Gasteiger partial charge is 0.262 e. The normalized spacial score (nSPS) is 18.4. The first-order valence-corrected chi connectivity index (χ1v) is 7.05. The third-order valence-corrected chi connectivity index (χ3v) is 3.89. The number of nitrogens with zero attached hydrogens (tertiary/aromatic N) is 2. The van der Waals surface area contributed by atoms with E-state index in [-0.39, 0.29) is 17.9 Å². The van der Waals surface area contributed by atoms with Crippen molar-refractivity contribution >= 4 is 28.4 Å². The van der Waals surface area contributed by atoms with E-state index in [1.165, 1.54) is 4.57 Å². The fourth-order valence-electron chi connectivity index (χ4n) is 2.76. The minimum absolute atomic E-state index is 0.219. The van der Waals surface area contributed by atoms with Crippen molar-refractivity contribution in [3.63, 3.8) is 0 Å². The van der Waals surface area contributed by atoms with Crippen molar-refractivity contribution in [2.24, 2.45) is 0 Å². The lowest BCUT2D eigenvalue weighted by molar-refractivity contribution is -0.135. The number of benzene rings is 1. The average molecular weight is 300 g/mol. The van der Waals surface area contributed by atoms with Gasteiger partial charge in [0.25, 0.3) is 5.56 Å². The van der Waals surface area contributed by atoms with Gasteiger partial charge in [-0.3, -0.25) is 24.3 Å². The first-order valence-electron chi connectivity index (χ1n) is 7.05. The van der Waals surface area contributed by atoms with Crippen molar-refractivity contribution < 1.29 is 9.59 Å². The summed E-state index contributed by atoms with van der Waals surface area (Å²) in [6.45, 7) is 1.69. The molecular formula is C15H16N4O3. The van der Waals surface area contributed by atoms with Gasteiger partial charge in [0.1, 0.15) is 11.9 Å². The molecule has 7 nitrogen and oxygen atoms in total. The molecular weight excluding hydrogens is 284 g/mol. The van der Waals surface area contributed by atoms with Crippen molar-refractivity contribution in [1.82, 2.24) is 14.9 Å². The predicted octanol–water partition coefficient (Wildman–Crippen LogP) is 0.724. The van der Waals surface area contributed by atoms with Crippen molar-refractivity contribution in [3.05, 3.63) is 34.4 Å². The lowest BCUT2D eigenvalue weighted by Gasteiger charge is -2.24. The number of piperidine rings is 1. The second-order valence-corrected chi connectivity index (χ2v) is 5.28. The second kappa shape index (κ2) is 5.25. The van der Waals surface area contributed by atoms with Crippen LogP contribution in [0.15, 0.2) is 23.0 Å². The molecule has 7 heteroatoms. The number of rotatable bonds is 2. The number of carbonyl (C=O) groups excluding carboxylic acids is 2. The number of amides is 2. The van der Waals surface area contributed by atoms with E-state index < -0.39 is 11.9 Å². The summed E-state index contributed by atoms with van der Waals surface area (Å²) in [5, 5.41) is 5.70. The Hall–Kier alpha value is -2.70. The maximum Gasteiger partial charge on any atom is 0.262 e. The van der Waals surface area contributed by atoms with Crippen LogP contribution in [0.2, 0.25) is 0 Å². The fourth-order valence-corrected chi connectivity index (χ4v) is 2.76. The summed E-state index contributed by atoms with van der Waals surface area (Å²) in [5.41, 5.74) is 1.12. The summed E-state index contributed by atoms with van der Waals surface area (Å²) in [6.07, 6.45) is 0.529. The van der Waals surface area contributed by atoms with Gasteiger partial charge in [-0.25, -0.2) is 4.98 Å². The van der Waals surface area contributed by atoms with E-state index in [9.17, 15) is 14.4 Å². The van der Waals surface area contributed by atoms with Gasteiger partial charge in [-0.1, -0.05) is 0 Å². The molecule has 0 aliphatic carbocycles. The molecule has 0 bridgehead atoms. The zero-order valence-electron chi connectivity index (χ0n) is 12.3. The summed E-state index contributed by atoms with van der Waals surface area (Å²) in [4.78, 5) is 40.5. The highest BCUT2D eigenvalue weighted by Gasteiger charge is 2.30. The molecule has 0 radical (unpaired) electrons. The first kappa shape index (κ1) is 14.2. The van der Waals surface area contributed by atoms with E-state index in [4.69, 9.17) is 0 Å². The summed E-state index contributed by atoms with van der Waals surface area (Å²) in [5.74, 6) is -0.297. The highest BCUT2D eigenvalue weighted by Crippen LogP contribution is 2.21. The van der Waals surface area contributed by atoms with E-state index in [1.54, 1.807) is 26.1 Å². The number of fused-ring (bicyclic) bond motifs is 1. The van der Waals surface area contributed by atoms with Gasteiger partial charge in [0.05, 0.1) is 10.9 Å². The Bertz CT molecular complexity index is 841. The monoisotopic (exact) mass is 300 g/mol. The Morgan fingerprint density at radius 2 is 2.09 bits per heavy atom. The summed E-state index contributed by atoms with van der Waals surface area (Å²) in [7, 11) is 1.77. The highest BCUT2D eigenvalue weighted by molar-refractivity contribution is 5.99. The number of anilines is 1. The number of imide groups is 1. The molecule has 1 unspecified atom stereocenters. The molecule has 2 heterocycles. The SMILES string of the molecule is CNc1ccc2nc(C)n(C3CCC(=O)NC3=O)c(=O)c2c1. The van der Waals surface area contributed by atoms with Crippen molar-refractivity contribution in [2.75, 3.05) is 12.4 Å². The van der Waals surface area contributed by atoms with Gasteiger partial charge >= 0.3 is 0 Å².